The van der Waals surface area contributed by atoms with Gasteiger partial charge in [0.25, 0.3) is 0 Å². The molecule has 6 heteroatoms. The zero-order valence-corrected chi connectivity index (χ0v) is 16.0. The van der Waals surface area contributed by atoms with Gasteiger partial charge in [-0.2, -0.15) is 0 Å². The van der Waals surface area contributed by atoms with Crippen LogP contribution in [0.2, 0.25) is 0 Å². The predicted molar refractivity (Wildman–Crippen MR) is 107 cm³/mol. The van der Waals surface area contributed by atoms with Crippen molar-refractivity contribution in [3.8, 4) is 0 Å². The molecule has 3 rings (SSSR count). The third-order valence-corrected chi connectivity index (χ3v) is 4.65. The van der Waals surface area contributed by atoms with E-state index >= 15 is 0 Å². The molecule has 3 nitrogen and oxygen atoms in total. The number of nitrogens with one attached hydrogen (secondary N) is 2. The van der Waals surface area contributed by atoms with Crippen molar-refractivity contribution in [2.75, 3.05) is 5.32 Å². The summed E-state index contributed by atoms with van der Waals surface area (Å²) in [4.78, 5) is 12.6. The molecule has 0 saturated heterocycles. The summed E-state index contributed by atoms with van der Waals surface area (Å²) in [5.41, 5.74) is 2.62. The summed E-state index contributed by atoms with van der Waals surface area (Å²) in [6.07, 6.45) is 0. The topological polar surface area (TPSA) is 41.1 Å². The maximum atomic E-state index is 13.9. The fourth-order valence-electron chi connectivity index (χ4n) is 2.98. The zero-order valence-electron chi connectivity index (χ0n) is 16.0. The van der Waals surface area contributed by atoms with E-state index in [-0.39, 0.29) is 6.04 Å². The largest absolute Gasteiger partial charge is 0.322 e. The SMILES string of the molecule is Cc1ccc([C@H](N[C@@H](C)C(=O)Nc2ccc(F)c(F)c2F)c2ccccc2)cc1. The van der Waals surface area contributed by atoms with Crippen LogP contribution >= 0.6 is 0 Å². The van der Waals surface area contributed by atoms with Gasteiger partial charge in [0.15, 0.2) is 17.5 Å². The Bertz CT molecular complexity index is 991. The highest BCUT2D eigenvalue weighted by molar-refractivity contribution is 5.94. The minimum atomic E-state index is -1.62. The van der Waals surface area contributed by atoms with Gasteiger partial charge in [-0.15, -0.1) is 0 Å². The minimum Gasteiger partial charge on any atom is -0.322 e. The number of rotatable bonds is 6. The van der Waals surface area contributed by atoms with Gasteiger partial charge in [0, 0.05) is 0 Å². The average molecular weight is 398 g/mol. The molecule has 0 aliphatic heterocycles. The number of aryl methyl sites for hydroxylation is 1. The van der Waals surface area contributed by atoms with E-state index in [1.165, 1.54) is 0 Å². The summed E-state index contributed by atoms with van der Waals surface area (Å²) < 4.78 is 40.4. The van der Waals surface area contributed by atoms with Crippen molar-refractivity contribution in [2.45, 2.75) is 25.9 Å². The summed E-state index contributed by atoms with van der Waals surface area (Å²) >= 11 is 0. The molecule has 0 aliphatic rings. The summed E-state index contributed by atoms with van der Waals surface area (Å²) in [6.45, 7) is 3.61. The summed E-state index contributed by atoms with van der Waals surface area (Å²) in [5.74, 6) is -4.92. The van der Waals surface area contributed by atoms with Crippen molar-refractivity contribution in [1.29, 1.82) is 0 Å². The normalized spacial score (nSPS) is 13.0. The first-order valence-corrected chi connectivity index (χ1v) is 9.18. The number of halogens is 3. The van der Waals surface area contributed by atoms with Crippen molar-refractivity contribution in [3.63, 3.8) is 0 Å². The number of hydrogen-bond donors (Lipinski definition) is 2. The number of anilines is 1. The van der Waals surface area contributed by atoms with Crippen molar-refractivity contribution >= 4 is 11.6 Å². The van der Waals surface area contributed by atoms with Crippen molar-refractivity contribution in [3.05, 3.63) is 101 Å². The van der Waals surface area contributed by atoms with Crippen LogP contribution in [-0.2, 0) is 4.79 Å². The van der Waals surface area contributed by atoms with E-state index < -0.39 is 35.1 Å². The molecule has 0 aromatic heterocycles. The highest BCUT2D eigenvalue weighted by atomic mass is 19.2. The Morgan fingerprint density at radius 1 is 0.828 bits per heavy atom. The molecule has 0 radical (unpaired) electrons. The van der Waals surface area contributed by atoms with Crippen LogP contribution in [0.4, 0.5) is 18.9 Å². The van der Waals surface area contributed by atoms with Gasteiger partial charge in [-0.1, -0.05) is 60.2 Å². The molecule has 3 aromatic rings. The monoisotopic (exact) mass is 398 g/mol. The van der Waals surface area contributed by atoms with E-state index in [0.717, 1.165) is 28.8 Å². The van der Waals surface area contributed by atoms with Gasteiger partial charge in [0.05, 0.1) is 17.8 Å². The summed E-state index contributed by atoms with van der Waals surface area (Å²) in [7, 11) is 0. The first kappa shape index (κ1) is 20.6. The average Bonchev–Trinajstić information content (AvgIpc) is 2.73. The second kappa shape index (κ2) is 8.92. The Balaban J connectivity index is 1.81. The number of amides is 1. The Hall–Kier alpha value is -3.12. The molecule has 0 heterocycles. The predicted octanol–water partition coefficient (Wildman–Crippen LogP) is 5.12. The Labute approximate surface area is 167 Å². The van der Waals surface area contributed by atoms with E-state index in [9.17, 15) is 18.0 Å². The Kier molecular flexibility index (Phi) is 6.34. The van der Waals surface area contributed by atoms with Gasteiger partial charge in [0.2, 0.25) is 5.91 Å². The number of benzene rings is 3. The molecule has 2 N–H and O–H groups in total. The number of hydrogen-bond acceptors (Lipinski definition) is 2. The van der Waals surface area contributed by atoms with Crippen molar-refractivity contribution < 1.29 is 18.0 Å². The molecule has 0 saturated carbocycles. The fraction of sp³-hybridized carbons (Fsp3) is 0.174. The van der Waals surface area contributed by atoms with Crippen molar-refractivity contribution in [2.24, 2.45) is 0 Å². The second-order valence-electron chi connectivity index (χ2n) is 6.85. The van der Waals surface area contributed by atoms with Gasteiger partial charge in [-0.25, -0.2) is 13.2 Å². The first-order valence-electron chi connectivity index (χ1n) is 9.18. The summed E-state index contributed by atoms with van der Waals surface area (Å²) in [5, 5.41) is 5.54. The zero-order chi connectivity index (χ0) is 21.0. The molecule has 29 heavy (non-hydrogen) atoms. The maximum Gasteiger partial charge on any atom is 0.241 e. The molecule has 0 unspecified atom stereocenters. The third-order valence-electron chi connectivity index (χ3n) is 4.65. The van der Waals surface area contributed by atoms with E-state index in [0.29, 0.717) is 0 Å². The minimum absolute atomic E-state index is 0.285. The molecule has 1 amide bonds. The van der Waals surface area contributed by atoms with Crippen molar-refractivity contribution in [1.82, 2.24) is 5.32 Å². The van der Waals surface area contributed by atoms with E-state index in [1.54, 1.807) is 6.92 Å². The second-order valence-corrected chi connectivity index (χ2v) is 6.85. The Morgan fingerprint density at radius 2 is 1.45 bits per heavy atom. The van der Waals surface area contributed by atoms with Gasteiger partial charge >= 0.3 is 0 Å². The van der Waals surface area contributed by atoms with Gasteiger partial charge in [-0.3, -0.25) is 10.1 Å². The highest BCUT2D eigenvalue weighted by Gasteiger charge is 2.22. The summed E-state index contributed by atoms with van der Waals surface area (Å²) in [6, 6.07) is 18.2. The molecular formula is C23H21F3N2O. The third kappa shape index (κ3) is 4.84. The molecule has 2 atom stereocenters. The van der Waals surface area contributed by atoms with Gasteiger partial charge in [-0.05, 0) is 37.1 Å². The van der Waals surface area contributed by atoms with Crippen LogP contribution in [0.1, 0.15) is 29.7 Å². The smallest absolute Gasteiger partial charge is 0.241 e. The lowest BCUT2D eigenvalue weighted by Gasteiger charge is -2.24. The van der Waals surface area contributed by atoms with Crippen LogP contribution in [0.5, 0.6) is 0 Å². The lowest BCUT2D eigenvalue weighted by molar-refractivity contribution is -0.117. The lowest BCUT2D eigenvalue weighted by atomic mass is 9.97. The van der Waals surface area contributed by atoms with Crippen LogP contribution in [0.15, 0.2) is 66.7 Å². The van der Waals surface area contributed by atoms with E-state index in [2.05, 4.69) is 10.6 Å². The molecular weight excluding hydrogens is 377 g/mol. The van der Waals surface area contributed by atoms with Crippen LogP contribution in [-0.4, -0.2) is 11.9 Å². The lowest BCUT2D eigenvalue weighted by Crippen LogP contribution is -2.40. The van der Waals surface area contributed by atoms with Gasteiger partial charge < -0.3 is 5.32 Å². The van der Waals surface area contributed by atoms with Crippen LogP contribution in [0.3, 0.4) is 0 Å². The fourth-order valence-corrected chi connectivity index (χ4v) is 2.98. The van der Waals surface area contributed by atoms with Crippen LogP contribution in [0, 0.1) is 24.4 Å². The molecule has 150 valence electrons. The Morgan fingerprint density at radius 3 is 2.10 bits per heavy atom. The van der Waals surface area contributed by atoms with Crippen LogP contribution < -0.4 is 10.6 Å². The number of carbonyl (C=O) groups is 1. The van der Waals surface area contributed by atoms with Gasteiger partial charge in [0.1, 0.15) is 0 Å². The van der Waals surface area contributed by atoms with E-state index in [4.69, 9.17) is 0 Å². The maximum absolute atomic E-state index is 13.9. The molecule has 0 bridgehead atoms. The molecule has 3 aromatic carbocycles. The standard InChI is InChI=1S/C23H21F3N2O/c1-14-8-10-17(11-9-14)22(16-6-4-3-5-7-16)27-15(2)23(29)28-19-13-12-18(24)20(25)21(19)26/h3-13,15,22,27H,1-2H3,(H,28,29)/t15-,22+/m0/s1. The molecule has 0 spiro atoms. The number of carbonyl (C=O) groups excluding carboxylic acids is 1. The molecule has 0 aliphatic carbocycles. The van der Waals surface area contributed by atoms with E-state index in [1.807, 2.05) is 61.5 Å². The first-order chi connectivity index (χ1) is 13.9. The highest BCUT2D eigenvalue weighted by Crippen LogP contribution is 2.24. The van der Waals surface area contributed by atoms with Crippen LogP contribution in [0.25, 0.3) is 0 Å². The quantitative estimate of drug-likeness (QED) is 0.566. The molecule has 0 fully saturated rings.